The SMILES string of the molecule is Cc1cc(N(C)CC2CCCOC2)c(CN)c(C)n1. The molecule has 1 atom stereocenters. The largest absolute Gasteiger partial charge is 0.381 e. The summed E-state index contributed by atoms with van der Waals surface area (Å²) in [5, 5.41) is 0. The molecule has 0 radical (unpaired) electrons. The highest BCUT2D eigenvalue weighted by Crippen LogP contribution is 2.25. The van der Waals surface area contributed by atoms with Gasteiger partial charge in [0.15, 0.2) is 0 Å². The Kier molecular flexibility index (Phi) is 4.77. The average Bonchev–Trinajstić information content (AvgIpc) is 2.39. The van der Waals surface area contributed by atoms with Crippen molar-refractivity contribution in [2.75, 3.05) is 31.7 Å². The molecule has 106 valence electrons. The number of hydrogen-bond acceptors (Lipinski definition) is 4. The van der Waals surface area contributed by atoms with Gasteiger partial charge in [-0.25, -0.2) is 0 Å². The molecule has 2 N–H and O–H groups in total. The Labute approximate surface area is 116 Å². The first-order valence-corrected chi connectivity index (χ1v) is 7.08. The fourth-order valence-electron chi connectivity index (χ4n) is 2.86. The summed E-state index contributed by atoms with van der Waals surface area (Å²) in [7, 11) is 2.14. The van der Waals surface area contributed by atoms with Crippen LogP contribution in [0.15, 0.2) is 6.07 Å². The summed E-state index contributed by atoms with van der Waals surface area (Å²) in [5.74, 6) is 0.623. The zero-order chi connectivity index (χ0) is 13.8. The maximum Gasteiger partial charge on any atom is 0.0511 e. The van der Waals surface area contributed by atoms with Crippen LogP contribution in [0, 0.1) is 19.8 Å². The van der Waals surface area contributed by atoms with Crippen LogP contribution < -0.4 is 10.6 Å². The van der Waals surface area contributed by atoms with Crippen LogP contribution in [-0.2, 0) is 11.3 Å². The van der Waals surface area contributed by atoms with Crippen LogP contribution in [0.25, 0.3) is 0 Å². The van der Waals surface area contributed by atoms with Gasteiger partial charge in [0.25, 0.3) is 0 Å². The smallest absolute Gasteiger partial charge is 0.0511 e. The minimum Gasteiger partial charge on any atom is -0.381 e. The maximum absolute atomic E-state index is 5.88. The van der Waals surface area contributed by atoms with Gasteiger partial charge in [0.05, 0.1) is 6.61 Å². The first-order chi connectivity index (χ1) is 9.11. The standard InChI is InChI=1S/C15H25N3O/c1-11-7-15(14(8-16)12(2)17-11)18(3)9-13-5-4-6-19-10-13/h7,13H,4-6,8-10,16H2,1-3H3. The lowest BCUT2D eigenvalue weighted by Crippen LogP contribution is -2.31. The quantitative estimate of drug-likeness (QED) is 0.903. The predicted octanol–water partition coefficient (Wildman–Crippen LogP) is 2.02. The summed E-state index contributed by atoms with van der Waals surface area (Å²) < 4.78 is 5.56. The van der Waals surface area contributed by atoms with Gasteiger partial charge >= 0.3 is 0 Å². The minimum atomic E-state index is 0.542. The fourth-order valence-corrected chi connectivity index (χ4v) is 2.86. The first kappa shape index (κ1) is 14.3. The number of ether oxygens (including phenoxy) is 1. The molecule has 1 aliphatic rings. The molecule has 0 amide bonds. The molecule has 4 nitrogen and oxygen atoms in total. The van der Waals surface area contributed by atoms with E-state index in [0.717, 1.165) is 36.7 Å². The second-order valence-corrected chi connectivity index (χ2v) is 5.51. The Morgan fingerprint density at radius 2 is 2.26 bits per heavy atom. The molecule has 19 heavy (non-hydrogen) atoms. The van der Waals surface area contributed by atoms with Crippen molar-refractivity contribution < 1.29 is 4.74 Å². The van der Waals surface area contributed by atoms with Crippen LogP contribution in [0.5, 0.6) is 0 Å². The van der Waals surface area contributed by atoms with E-state index in [1.54, 1.807) is 0 Å². The highest BCUT2D eigenvalue weighted by Gasteiger charge is 2.18. The predicted molar refractivity (Wildman–Crippen MR) is 78.4 cm³/mol. The minimum absolute atomic E-state index is 0.542. The average molecular weight is 263 g/mol. The van der Waals surface area contributed by atoms with Gasteiger partial charge in [0.1, 0.15) is 0 Å². The van der Waals surface area contributed by atoms with E-state index in [2.05, 4.69) is 23.0 Å². The first-order valence-electron chi connectivity index (χ1n) is 7.08. The monoisotopic (exact) mass is 263 g/mol. The van der Waals surface area contributed by atoms with Gasteiger partial charge in [-0.05, 0) is 38.7 Å². The Morgan fingerprint density at radius 1 is 1.47 bits per heavy atom. The van der Waals surface area contributed by atoms with Crippen LogP contribution in [0.3, 0.4) is 0 Å². The highest BCUT2D eigenvalue weighted by atomic mass is 16.5. The fraction of sp³-hybridized carbons (Fsp3) is 0.667. The summed E-state index contributed by atoms with van der Waals surface area (Å²) in [6.07, 6.45) is 2.43. The van der Waals surface area contributed by atoms with Crippen molar-refractivity contribution in [1.29, 1.82) is 0 Å². The maximum atomic E-state index is 5.88. The molecule has 1 aromatic heterocycles. The zero-order valence-electron chi connectivity index (χ0n) is 12.3. The van der Waals surface area contributed by atoms with Crippen LogP contribution in [0.1, 0.15) is 29.8 Å². The van der Waals surface area contributed by atoms with Crippen LogP contribution in [-0.4, -0.2) is 31.8 Å². The second-order valence-electron chi connectivity index (χ2n) is 5.51. The van der Waals surface area contributed by atoms with Crippen molar-refractivity contribution in [2.24, 2.45) is 11.7 Å². The number of pyridine rings is 1. The van der Waals surface area contributed by atoms with Crippen molar-refractivity contribution in [1.82, 2.24) is 4.98 Å². The lowest BCUT2D eigenvalue weighted by Gasteiger charge is -2.30. The number of nitrogens with zero attached hydrogens (tertiary/aromatic N) is 2. The van der Waals surface area contributed by atoms with Gasteiger partial charge < -0.3 is 15.4 Å². The lowest BCUT2D eigenvalue weighted by molar-refractivity contribution is 0.0576. The highest BCUT2D eigenvalue weighted by molar-refractivity contribution is 5.55. The number of hydrogen-bond donors (Lipinski definition) is 1. The summed E-state index contributed by atoms with van der Waals surface area (Å²) in [6.45, 7) is 7.44. The number of anilines is 1. The Morgan fingerprint density at radius 3 is 2.89 bits per heavy atom. The molecule has 0 saturated carbocycles. The third-order valence-electron chi connectivity index (χ3n) is 3.84. The molecular weight excluding hydrogens is 238 g/mol. The number of nitrogens with two attached hydrogens (primary N) is 1. The van der Waals surface area contributed by atoms with E-state index in [4.69, 9.17) is 10.5 Å². The Bertz CT molecular complexity index is 428. The van der Waals surface area contributed by atoms with Crippen LogP contribution >= 0.6 is 0 Å². The van der Waals surface area contributed by atoms with E-state index in [1.165, 1.54) is 18.5 Å². The molecule has 0 aliphatic carbocycles. The van der Waals surface area contributed by atoms with Gasteiger partial charge in [0.2, 0.25) is 0 Å². The van der Waals surface area contributed by atoms with Gasteiger partial charge in [0, 0.05) is 49.4 Å². The number of rotatable bonds is 4. The van der Waals surface area contributed by atoms with Gasteiger partial charge in [-0.3, -0.25) is 4.98 Å². The number of aryl methyl sites for hydroxylation is 2. The van der Waals surface area contributed by atoms with Gasteiger partial charge in [-0.15, -0.1) is 0 Å². The van der Waals surface area contributed by atoms with E-state index in [-0.39, 0.29) is 0 Å². The molecule has 1 saturated heterocycles. The molecule has 0 spiro atoms. The molecule has 1 aromatic rings. The molecule has 4 heteroatoms. The Balaban J connectivity index is 2.15. The molecule has 1 fully saturated rings. The summed E-state index contributed by atoms with van der Waals surface area (Å²) in [5.41, 5.74) is 10.4. The third kappa shape index (κ3) is 3.45. The van der Waals surface area contributed by atoms with E-state index in [0.29, 0.717) is 12.5 Å². The normalized spacial score (nSPS) is 19.5. The van der Waals surface area contributed by atoms with Gasteiger partial charge in [-0.2, -0.15) is 0 Å². The molecule has 1 unspecified atom stereocenters. The van der Waals surface area contributed by atoms with Crippen molar-refractivity contribution in [3.05, 3.63) is 23.0 Å². The molecule has 0 bridgehead atoms. The van der Waals surface area contributed by atoms with E-state index in [9.17, 15) is 0 Å². The number of aromatic nitrogens is 1. The van der Waals surface area contributed by atoms with E-state index in [1.807, 2.05) is 13.8 Å². The van der Waals surface area contributed by atoms with Crippen molar-refractivity contribution >= 4 is 5.69 Å². The summed E-state index contributed by atoms with van der Waals surface area (Å²) >= 11 is 0. The lowest BCUT2D eigenvalue weighted by atomic mass is 10.0. The van der Waals surface area contributed by atoms with E-state index < -0.39 is 0 Å². The molecule has 0 aromatic carbocycles. The second kappa shape index (κ2) is 6.35. The molecule has 1 aliphatic heterocycles. The molecule has 2 rings (SSSR count). The summed E-state index contributed by atoms with van der Waals surface area (Å²) in [4.78, 5) is 6.81. The molecular formula is C15H25N3O. The van der Waals surface area contributed by atoms with Crippen LogP contribution in [0.4, 0.5) is 5.69 Å². The van der Waals surface area contributed by atoms with Crippen molar-refractivity contribution in [3.63, 3.8) is 0 Å². The molecule has 2 heterocycles. The summed E-state index contributed by atoms with van der Waals surface area (Å²) in [6, 6.07) is 2.14. The van der Waals surface area contributed by atoms with E-state index >= 15 is 0 Å². The van der Waals surface area contributed by atoms with Gasteiger partial charge in [-0.1, -0.05) is 0 Å². The van der Waals surface area contributed by atoms with Crippen molar-refractivity contribution in [3.8, 4) is 0 Å². The van der Waals surface area contributed by atoms with Crippen LogP contribution in [0.2, 0.25) is 0 Å². The Hall–Kier alpha value is -1.13. The van der Waals surface area contributed by atoms with Crippen molar-refractivity contribution in [2.45, 2.75) is 33.2 Å². The zero-order valence-corrected chi connectivity index (χ0v) is 12.3. The topological polar surface area (TPSA) is 51.4 Å². The third-order valence-corrected chi connectivity index (χ3v) is 3.84.